The number of carbonyl (C=O) groups excluding carboxylic acids is 2. The zero-order valence-corrected chi connectivity index (χ0v) is 19.3. The molecule has 2 N–H and O–H groups in total. The van der Waals surface area contributed by atoms with Crippen molar-refractivity contribution in [1.29, 1.82) is 0 Å². The minimum Gasteiger partial charge on any atom is -0.445 e. The molecule has 8 nitrogen and oxygen atoms in total. The lowest BCUT2D eigenvalue weighted by molar-refractivity contribution is 0.0948. The third kappa shape index (κ3) is 5.39. The monoisotopic (exact) mass is 462 g/mol. The number of hydrogen-bond donors (Lipinski definition) is 2. The molecule has 178 valence electrons. The molecule has 3 aromatic rings. The van der Waals surface area contributed by atoms with E-state index in [2.05, 4.69) is 10.3 Å². The van der Waals surface area contributed by atoms with Gasteiger partial charge in [0.05, 0.1) is 5.56 Å². The lowest BCUT2D eigenvalue weighted by Crippen LogP contribution is -2.31. The molecule has 1 saturated heterocycles. The second-order valence-corrected chi connectivity index (χ2v) is 8.52. The average molecular weight is 463 g/mol. The summed E-state index contributed by atoms with van der Waals surface area (Å²) >= 11 is 0. The number of pyridine rings is 1. The second-order valence-electron chi connectivity index (χ2n) is 8.52. The number of carbonyl (C=O) groups is 2. The number of H-pyrrole nitrogens is 1. The highest BCUT2D eigenvalue weighted by molar-refractivity contribution is 6.05. The molecule has 0 saturated carbocycles. The van der Waals surface area contributed by atoms with Crippen molar-refractivity contribution < 1.29 is 14.3 Å². The third-order valence-corrected chi connectivity index (χ3v) is 6.17. The van der Waals surface area contributed by atoms with Gasteiger partial charge in [0.25, 0.3) is 11.5 Å². The van der Waals surface area contributed by atoms with Crippen LogP contribution in [0.1, 0.15) is 35.7 Å². The van der Waals surface area contributed by atoms with Crippen LogP contribution in [-0.4, -0.2) is 46.1 Å². The predicted molar refractivity (Wildman–Crippen MR) is 131 cm³/mol. The van der Waals surface area contributed by atoms with Crippen LogP contribution in [0.25, 0.3) is 10.9 Å². The van der Waals surface area contributed by atoms with E-state index >= 15 is 0 Å². The molecular formula is C26H30N4O4. The maximum atomic E-state index is 12.9. The smallest absolute Gasteiger partial charge is 0.410 e. The van der Waals surface area contributed by atoms with Gasteiger partial charge in [-0.2, -0.15) is 0 Å². The quantitative estimate of drug-likeness (QED) is 0.499. The van der Waals surface area contributed by atoms with Crippen LogP contribution in [0.4, 0.5) is 4.79 Å². The van der Waals surface area contributed by atoms with E-state index in [4.69, 9.17) is 4.74 Å². The first-order valence-electron chi connectivity index (χ1n) is 11.6. The minimum atomic E-state index is -0.298. The summed E-state index contributed by atoms with van der Waals surface area (Å²) in [6.07, 6.45) is 8.38. The van der Waals surface area contributed by atoms with Crippen LogP contribution in [-0.2, 0) is 17.9 Å². The van der Waals surface area contributed by atoms with E-state index in [0.29, 0.717) is 48.6 Å². The maximum absolute atomic E-state index is 12.9. The number of hydrogen-bond acceptors (Lipinski definition) is 4. The number of ether oxygens (including phenoxy) is 1. The first-order chi connectivity index (χ1) is 16.6. The van der Waals surface area contributed by atoms with E-state index in [1.54, 1.807) is 23.4 Å². The molecule has 34 heavy (non-hydrogen) atoms. The molecule has 2 aromatic heterocycles. The van der Waals surface area contributed by atoms with Crippen LogP contribution in [0.5, 0.6) is 0 Å². The second kappa shape index (κ2) is 10.9. The van der Waals surface area contributed by atoms with Gasteiger partial charge < -0.3 is 24.5 Å². The summed E-state index contributed by atoms with van der Waals surface area (Å²) in [6, 6.07) is 11.4. The average Bonchev–Trinajstić information content (AvgIpc) is 3.53. The lowest BCUT2D eigenvalue weighted by Gasteiger charge is -2.16. The van der Waals surface area contributed by atoms with Gasteiger partial charge in [0.15, 0.2) is 0 Å². The Labute approximate surface area is 198 Å². The van der Waals surface area contributed by atoms with Gasteiger partial charge in [0.1, 0.15) is 12.1 Å². The SMILES string of the molecule is CC=CCn1cc(C(=O)NCCC2CCN(C(=O)OCc3ccccc3)C2)c2cc[nH]c2c1=O. The lowest BCUT2D eigenvalue weighted by atomic mass is 10.1. The first-order valence-corrected chi connectivity index (χ1v) is 11.6. The van der Waals surface area contributed by atoms with Gasteiger partial charge in [-0.1, -0.05) is 42.5 Å². The number of amides is 2. The fraction of sp³-hybridized carbons (Fsp3) is 0.346. The largest absolute Gasteiger partial charge is 0.445 e. The van der Waals surface area contributed by atoms with E-state index in [0.717, 1.165) is 18.4 Å². The Hall–Kier alpha value is -3.81. The Morgan fingerprint density at radius 3 is 2.85 bits per heavy atom. The molecule has 0 spiro atoms. The number of fused-ring (bicyclic) bond motifs is 1. The van der Waals surface area contributed by atoms with Gasteiger partial charge >= 0.3 is 6.09 Å². The van der Waals surface area contributed by atoms with E-state index < -0.39 is 0 Å². The molecule has 1 atom stereocenters. The third-order valence-electron chi connectivity index (χ3n) is 6.17. The van der Waals surface area contributed by atoms with Gasteiger partial charge in [0, 0.05) is 44.0 Å². The number of allylic oxidation sites excluding steroid dienone is 2. The molecule has 1 aliphatic rings. The van der Waals surface area contributed by atoms with Gasteiger partial charge in [-0.3, -0.25) is 9.59 Å². The van der Waals surface area contributed by atoms with Crippen LogP contribution < -0.4 is 10.9 Å². The van der Waals surface area contributed by atoms with Crippen molar-refractivity contribution in [1.82, 2.24) is 19.8 Å². The molecule has 0 radical (unpaired) electrons. The van der Waals surface area contributed by atoms with Gasteiger partial charge in [-0.05, 0) is 37.3 Å². The molecule has 0 bridgehead atoms. The zero-order chi connectivity index (χ0) is 23.9. The van der Waals surface area contributed by atoms with E-state index in [1.165, 1.54) is 4.57 Å². The van der Waals surface area contributed by atoms with Crippen LogP contribution in [0.15, 0.2) is 65.7 Å². The summed E-state index contributed by atoms with van der Waals surface area (Å²) in [4.78, 5) is 42.6. The van der Waals surface area contributed by atoms with E-state index in [9.17, 15) is 14.4 Å². The molecule has 1 fully saturated rings. The first kappa shape index (κ1) is 23.4. The number of likely N-dealkylation sites (tertiary alicyclic amines) is 1. The molecule has 1 unspecified atom stereocenters. The summed E-state index contributed by atoms with van der Waals surface area (Å²) in [5.74, 6) is 0.0939. The molecule has 3 heterocycles. The van der Waals surface area contributed by atoms with Crippen molar-refractivity contribution in [2.45, 2.75) is 32.9 Å². The van der Waals surface area contributed by atoms with E-state index in [-0.39, 0.29) is 24.2 Å². The fourth-order valence-electron chi connectivity index (χ4n) is 4.26. The molecule has 8 heteroatoms. The summed E-state index contributed by atoms with van der Waals surface area (Å²) < 4.78 is 6.96. The van der Waals surface area contributed by atoms with Crippen molar-refractivity contribution in [2.24, 2.45) is 5.92 Å². The molecule has 1 aromatic carbocycles. The summed E-state index contributed by atoms with van der Waals surface area (Å²) in [6.45, 7) is 4.34. The maximum Gasteiger partial charge on any atom is 0.410 e. The Morgan fingerprint density at radius 2 is 2.06 bits per heavy atom. The fourth-order valence-corrected chi connectivity index (χ4v) is 4.26. The molecular weight excluding hydrogens is 432 g/mol. The number of nitrogens with one attached hydrogen (secondary N) is 2. The molecule has 4 rings (SSSR count). The molecule has 0 aliphatic carbocycles. The minimum absolute atomic E-state index is 0.153. The van der Waals surface area contributed by atoms with Gasteiger partial charge in [0.2, 0.25) is 0 Å². The number of rotatable bonds is 8. The Morgan fingerprint density at radius 1 is 1.24 bits per heavy atom. The Bertz CT molecular complexity index is 1230. The molecule has 1 aliphatic heterocycles. The Balaban J connectivity index is 1.29. The van der Waals surface area contributed by atoms with Crippen LogP contribution in [0.2, 0.25) is 0 Å². The zero-order valence-electron chi connectivity index (χ0n) is 19.3. The van der Waals surface area contributed by atoms with Crippen molar-refractivity contribution in [2.75, 3.05) is 19.6 Å². The Kier molecular flexibility index (Phi) is 7.47. The van der Waals surface area contributed by atoms with Gasteiger partial charge in [-0.15, -0.1) is 0 Å². The van der Waals surface area contributed by atoms with Crippen LogP contribution in [0.3, 0.4) is 0 Å². The van der Waals surface area contributed by atoms with Gasteiger partial charge in [-0.25, -0.2) is 4.79 Å². The highest BCUT2D eigenvalue weighted by atomic mass is 16.6. The predicted octanol–water partition coefficient (Wildman–Crippen LogP) is 3.68. The van der Waals surface area contributed by atoms with Crippen molar-refractivity contribution >= 4 is 22.9 Å². The normalized spacial score (nSPS) is 15.8. The number of aromatic amines is 1. The number of benzene rings is 1. The highest BCUT2D eigenvalue weighted by Gasteiger charge is 2.27. The topological polar surface area (TPSA) is 96.4 Å². The van der Waals surface area contributed by atoms with Crippen molar-refractivity contribution in [3.63, 3.8) is 0 Å². The van der Waals surface area contributed by atoms with Crippen LogP contribution >= 0.6 is 0 Å². The van der Waals surface area contributed by atoms with Crippen molar-refractivity contribution in [3.05, 3.63) is 82.4 Å². The highest BCUT2D eigenvalue weighted by Crippen LogP contribution is 2.20. The van der Waals surface area contributed by atoms with E-state index in [1.807, 2.05) is 49.4 Å². The summed E-state index contributed by atoms with van der Waals surface area (Å²) in [7, 11) is 0. The number of nitrogens with zero attached hydrogens (tertiary/aromatic N) is 2. The van der Waals surface area contributed by atoms with Crippen molar-refractivity contribution in [3.8, 4) is 0 Å². The van der Waals surface area contributed by atoms with Crippen LogP contribution in [0, 0.1) is 5.92 Å². The summed E-state index contributed by atoms with van der Waals surface area (Å²) in [5, 5.41) is 3.60. The summed E-state index contributed by atoms with van der Waals surface area (Å²) in [5.41, 5.74) is 1.71. The molecule has 2 amide bonds. The number of aromatic nitrogens is 2. The standard InChI is InChI=1S/C26H30N4O4/c1-2-3-14-29-17-22(21-10-13-27-23(21)25(29)32)24(31)28-12-9-19-11-15-30(16-19)26(33)34-18-20-7-5-4-6-8-20/h2-8,10,13,17,19,27H,9,11-12,14-16,18H2,1H3,(H,28,31).